The predicted molar refractivity (Wildman–Crippen MR) is 67.5 cm³/mol. The van der Waals surface area contributed by atoms with Gasteiger partial charge in [0.15, 0.2) is 6.61 Å². The lowest BCUT2D eigenvalue weighted by Gasteiger charge is -2.18. The van der Waals surface area contributed by atoms with E-state index in [9.17, 15) is 4.79 Å². The third-order valence-electron chi connectivity index (χ3n) is 2.93. The number of amides is 1. The fourth-order valence-corrected chi connectivity index (χ4v) is 2.00. The summed E-state index contributed by atoms with van der Waals surface area (Å²) in [7, 11) is 1.76. The van der Waals surface area contributed by atoms with E-state index < -0.39 is 0 Å². The van der Waals surface area contributed by atoms with Gasteiger partial charge in [-0.25, -0.2) is 4.98 Å². The number of carbonyl (C=O) groups excluding carboxylic acids is 1. The Labute approximate surface area is 109 Å². The predicted octanol–water partition coefficient (Wildman–Crippen LogP) is 1.29. The second-order valence-electron chi connectivity index (χ2n) is 4.21. The number of carbonyl (C=O) groups is 1. The highest BCUT2D eigenvalue weighted by Crippen LogP contribution is 2.32. The second-order valence-corrected chi connectivity index (χ2v) is 4.21. The van der Waals surface area contributed by atoms with Crippen LogP contribution in [0.15, 0.2) is 24.5 Å². The zero-order chi connectivity index (χ0) is 13.4. The third kappa shape index (κ3) is 1.81. The summed E-state index contributed by atoms with van der Waals surface area (Å²) < 4.78 is 6.94. The van der Waals surface area contributed by atoms with Gasteiger partial charge in [-0.2, -0.15) is 5.26 Å². The number of aromatic nitrogens is 2. The van der Waals surface area contributed by atoms with E-state index in [1.54, 1.807) is 30.1 Å². The highest BCUT2D eigenvalue weighted by Gasteiger charge is 2.18. The number of hydrogen-bond donors (Lipinski definition) is 1. The van der Waals surface area contributed by atoms with Crippen LogP contribution in [-0.4, -0.2) is 22.1 Å². The Bertz CT molecular complexity index is 712. The number of fused-ring (bicyclic) bond motifs is 1. The lowest BCUT2D eigenvalue weighted by Crippen LogP contribution is -2.25. The van der Waals surface area contributed by atoms with E-state index in [2.05, 4.69) is 16.4 Å². The average Bonchev–Trinajstić information content (AvgIpc) is 2.79. The van der Waals surface area contributed by atoms with Gasteiger partial charge in [0.1, 0.15) is 23.2 Å². The van der Waals surface area contributed by atoms with Crippen LogP contribution >= 0.6 is 0 Å². The summed E-state index contributed by atoms with van der Waals surface area (Å²) in [4.78, 5) is 15.5. The van der Waals surface area contributed by atoms with Crippen LogP contribution in [-0.2, 0) is 11.8 Å². The van der Waals surface area contributed by atoms with E-state index in [1.165, 1.54) is 0 Å². The fourth-order valence-electron chi connectivity index (χ4n) is 2.00. The van der Waals surface area contributed by atoms with Crippen LogP contribution in [0.3, 0.4) is 0 Å². The average molecular weight is 254 g/mol. The summed E-state index contributed by atoms with van der Waals surface area (Å²) in [5.41, 5.74) is 2.43. The molecule has 1 aliphatic heterocycles. The van der Waals surface area contributed by atoms with E-state index in [4.69, 9.17) is 10.00 Å². The number of imidazole rings is 1. The van der Waals surface area contributed by atoms with Gasteiger partial charge in [0.05, 0.1) is 12.0 Å². The van der Waals surface area contributed by atoms with E-state index >= 15 is 0 Å². The summed E-state index contributed by atoms with van der Waals surface area (Å²) in [6.45, 7) is 0.0272. The first-order valence-corrected chi connectivity index (χ1v) is 5.67. The zero-order valence-electron chi connectivity index (χ0n) is 10.2. The van der Waals surface area contributed by atoms with Crippen molar-refractivity contribution in [1.82, 2.24) is 9.55 Å². The summed E-state index contributed by atoms with van der Waals surface area (Å²) in [6, 6.07) is 7.46. The molecule has 2 heterocycles. The Balaban J connectivity index is 2.09. The number of ether oxygens (including phenoxy) is 1. The van der Waals surface area contributed by atoms with Gasteiger partial charge in [-0.15, -0.1) is 0 Å². The molecule has 0 saturated carbocycles. The van der Waals surface area contributed by atoms with Gasteiger partial charge in [0.25, 0.3) is 5.91 Å². The van der Waals surface area contributed by atoms with Gasteiger partial charge >= 0.3 is 0 Å². The highest BCUT2D eigenvalue weighted by molar-refractivity contribution is 5.96. The molecule has 19 heavy (non-hydrogen) atoms. The molecule has 0 bridgehead atoms. The molecule has 0 atom stereocenters. The van der Waals surface area contributed by atoms with Crippen LogP contribution in [0.5, 0.6) is 5.75 Å². The molecule has 2 aromatic rings. The maximum atomic E-state index is 11.3. The Hall–Kier alpha value is -2.81. The molecule has 0 saturated heterocycles. The number of anilines is 1. The Morgan fingerprint density at radius 1 is 1.53 bits per heavy atom. The number of nitriles is 1. The molecule has 1 aromatic carbocycles. The van der Waals surface area contributed by atoms with E-state index in [0.717, 1.165) is 5.56 Å². The van der Waals surface area contributed by atoms with Crippen LogP contribution in [0, 0.1) is 11.3 Å². The molecule has 0 fully saturated rings. The molecule has 1 N–H and O–H groups in total. The summed E-state index contributed by atoms with van der Waals surface area (Å²) >= 11 is 0. The maximum absolute atomic E-state index is 11.3. The minimum atomic E-state index is -0.189. The van der Waals surface area contributed by atoms with Crippen LogP contribution in [0.4, 0.5) is 5.69 Å². The molecule has 0 radical (unpaired) electrons. The molecule has 1 amide bonds. The van der Waals surface area contributed by atoms with E-state index in [-0.39, 0.29) is 12.5 Å². The molecule has 1 aromatic heterocycles. The monoisotopic (exact) mass is 254 g/mol. The van der Waals surface area contributed by atoms with Crippen molar-refractivity contribution in [2.75, 3.05) is 11.9 Å². The first kappa shape index (κ1) is 11.3. The smallest absolute Gasteiger partial charge is 0.262 e. The quantitative estimate of drug-likeness (QED) is 0.831. The number of nitrogens with one attached hydrogen (secondary N) is 1. The number of nitrogens with zero attached hydrogens (tertiary/aromatic N) is 3. The summed E-state index contributed by atoms with van der Waals surface area (Å²) in [5, 5.41) is 11.9. The number of benzene rings is 1. The second kappa shape index (κ2) is 4.14. The van der Waals surface area contributed by atoms with Gasteiger partial charge in [-0.05, 0) is 18.2 Å². The largest absolute Gasteiger partial charge is 0.482 e. The van der Waals surface area contributed by atoms with Crippen molar-refractivity contribution in [3.8, 4) is 23.1 Å². The molecule has 0 unspecified atom stereocenters. The topological polar surface area (TPSA) is 79.9 Å². The molecule has 6 nitrogen and oxygen atoms in total. The van der Waals surface area contributed by atoms with Crippen LogP contribution in [0.2, 0.25) is 0 Å². The standard InChI is InChI=1S/C13H10N4O2/c1-17-7-15-13(10(17)5-14)8-2-3-11-9(4-8)16-12(18)6-19-11/h2-4,7H,6H2,1H3,(H,16,18). The lowest BCUT2D eigenvalue weighted by atomic mass is 10.1. The van der Waals surface area contributed by atoms with Gasteiger partial charge < -0.3 is 14.6 Å². The zero-order valence-corrected chi connectivity index (χ0v) is 10.2. The van der Waals surface area contributed by atoms with Gasteiger partial charge in [0, 0.05) is 12.6 Å². The van der Waals surface area contributed by atoms with Crippen molar-refractivity contribution in [3.63, 3.8) is 0 Å². The fraction of sp³-hybridized carbons (Fsp3) is 0.154. The maximum Gasteiger partial charge on any atom is 0.262 e. The molecule has 3 rings (SSSR count). The van der Waals surface area contributed by atoms with Crippen molar-refractivity contribution in [2.24, 2.45) is 7.05 Å². The van der Waals surface area contributed by atoms with Crippen molar-refractivity contribution in [2.45, 2.75) is 0 Å². The molecular weight excluding hydrogens is 244 g/mol. The molecular formula is C13H10N4O2. The van der Waals surface area contributed by atoms with Crippen LogP contribution in [0.25, 0.3) is 11.3 Å². The van der Waals surface area contributed by atoms with Gasteiger partial charge in [-0.1, -0.05) is 0 Å². The highest BCUT2D eigenvalue weighted by atomic mass is 16.5. The molecule has 6 heteroatoms. The van der Waals surface area contributed by atoms with E-state index in [0.29, 0.717) is 22.8 Å². The van der Waals surface area contributed by atoms with Gasteiger partial charge in [-0.3, -0.25) is 4.79 Å². The minimum absolute atomic E-state index is 0.0272. The first-order valence-electron chi connectivity index (χ1n) is 5.67. The Kier molecular flexibility index (Phi) is 2.46. The van der Waals surface area contributed by atoms with Crippen molar-refractivity contribution in [1.29, 1.82) is 5.26 Å². The van der Waals surface area contributed by atoms with Gasteiger partial charge in [0.2, 0.25) is 0 Å². The first-order chi connectivity index (χ1) is 9.19. The lowest BCUT2D eigenvalue weighted by molar-refractivity contribution is -0.118. The molecule has 1 aliphatic rings. The molecule has 0 spiro atoms. The number of rotatable bonds is 1. The third-order valence-corrected chi connectivity index (χ3v) is 2.93. The summed E-state index contributed by atoms with van der Waals surface area (Å²) in [5.74, 6) is 0.434. The number of aryl methyl sites for hydroxylation is 1. The Morgan fingerprint density at radius 3 is 3.16 bits per heavy atom. The van der Waals surface area contributed by atoms with Crippen molar-refractivity contribution < 1.29 is 9.53 Å². The minimum Gasteiger partial charge on any atom is -0.482 e. The normalized spacial score (nSPS) is 13.2. The van der Waals surface area contributed by atoms with E-state index in [1.807, 2.05) is 6.07 Å². The van der Waals surface area contributed by atoms with Crippen molar-refractivity contribution in [3.05, 3.63) is 30.2 Å². The molecule has 94 valence electrons. The SMILES string of the molecule is Cn1cnc(-c2ccc3c(c2)NC(=O)CO3)c1C#N. The Morgan fingerprint density at radius 2 is 2.37 bits per heavy atom. The van der Waals surface area contributed by atoms with Crippen molar-refractivity contribution >= 4 is 11.6 Å². The number of hydrogen-bond acceptors (Lipinski definition) is 4. The molecule has 0 aliphatic carbocycles. The summed E-state index contributed by atoms with van der Waals surface area (Å²) in [6.07, 6.45) is 1.59. The van der Waals surface area contributed by atoms with Crippen LogP contribution < -0.4 is 10.1 Å². The van der Waals surface area contributed by atoms with Crippen LogP contribution in [0.1, 0.15) is 5.69 Å².